The van der Waals surface area contributed by atoms with Gasteiger partial charge in [-0.3, -0.25) is 19.2 Å². The van der Waals surface area contributed by atoms with Gasteiger partial charge in [0.15, 0.2) is 0 Å². The first-order valence-corrected chi connectivity index (χ1v) is 5.24. The van der Waals surface area contributed by atoms with Gasteiger partial charge >= 0.3 is 83.0 Å². The Hall–Kier alpha value is -0.780. The Morgan fingerprint density at radius 2 is 0.773 bits per heavy atom. The summed E-state index contributed by atoms with van der Waals surface area (Å²) in [5.41, 5.74) is 0. The predicted octanol–water partition coefficient (Wildman–Crippen LogP) is -2.90. The van der Waals surface area contributed by atoms with E-state index in [1.165, 1.54) is 0 Å². The Kier molecular flexibility index (Phi) is 16.5. The van der Waals surface area contributed by atoms with Gasteiger partial charge in [-0.1, -0.05) is 0 Å². The standard InChI is InChI=1S/C10H14N2O8.2Na.2H/c13-7(14)3-11(4-8(15)16)1-2-12(5-9(17)18)6-10(19)20;;;;/h1-2H,3-6H2,(H,13,14)(H,15,16)(H,17,18)(H,19,20);;;;. The van der Waals surface area contributed by atoms with Crippen LogP contribution in [-0.4, -0.2) is 139 Å². The van der Waals surface area contributed by atoms with E-state index in [1.807, 2.05) is 0 Å². The van der Waals surface area contributed by atoms with Crippen molar-refractivity contribution in [3.05, 3.63) is 12.4 Å². The van der Waals surface area contributed by atoms with E-state index < -0.39 is 50.1 Å². The molecule has 0 fully saturated rings. The number of carboxylic acid groups (broad SMARTS) is 4. The molecule has 4 N–H and O–H groups in total. The third-order valence-corrected chi connectivity index (χ3v) is 1.84. The normalized spacial score (nSPS) is 9.27. The van der Waals surface area contributed by atoms with Gasteiger partial charge in [-0.15, -0.1) is 0 Å². The van der Waals surface area contributed by atoms with Crippen molar-refractivity contribution >= 4 is 83.0 Å². The van der Waals surface area contributed by atoms with Crippen molar-refractivity contribution in [1.82, 2.24) is 9.80 Å². The average Bonchev–Trinajstić information content (AvgIpc) is 2.22. The summed E-state index contributed by atoms with van der Waals surface area (Å²) < 4.78 is 0. The molecule has 22 heavy (non-hydrogen) atoms. The fourth-order valence-corrected chi connectivity index (χ4v) is 1.21. The van der Waals surface area contributed by atoms with Crippen molar-refractivity contribution in [3.8, 4) is 0 Å². The van der Waals surface area contributed by atoms with Crippen LogP contribution in [0.25, 0.3) is 0 Å². The maximum absolute atomic E-state index is 10.5. The summed E-state index contributed by atoms with van der Waals surface area (Å²) in [4.78, 5) is 43.9. The Bertz CT molecular complexity index is 359. The van der Waals surface area contributed by atoms with E-state index in [1.54, 1.807) is 0 Å². The Balaban J connectivity index is -0.00000180. The molecule has 0 amide bonds. The molecule has 10 nitrogen and oxygen atoms in total. The van der Waals surface area contributed by atoms with Gasteiger partial charge in [-0.05, 0) is 0 Å². The van der Waals surface area contributed by atoms with Crippen LogP contribution in [0.4, 0.5) is 0 Å². The van der Waals surface area contributed by atoms with Gasteiger partial charge in [0, 0.05) is 12.4 Å². The zero-order valence-corrected chi connectivity index (χ0v) is 10.3. The summed E-state index contributed by atoms with van der Waals surface area (Å²) in [6.07, 6.45) is 2.04. The number of carboxylic acids is 4. The van der Waals surface area contributed by atoms with Crippen LogP contribution in [0.15, 0.2) is 12.4 Å². The first kappa shape index (κ1) is 26.1. The number of carbonyl (C=O) groups is 4. The first-order valence-electron chi connectivity index (χ1n) is 5.24. The van der Waals surface area contributed by atoms with E-state index in [2.05, 4.69) is 0 Å². The topological polar surface area (TPSA) is 156 Å². The zero-order chi connectivity index (χ0) is 15.7. The molecule has 0 saturated carbocycles. The van der Waals surface area contributed by atoms with Crippen molar-refractivity contribution in [3.63, 3.8) is 0 Å². The van der Waals surface area contributed by atoms with Crippen LogP contribution in [-0.2, 0) is 19.2 Å². The van der Waals surface area contributed by atoms with Crippen molar-refractivity contribution in [2.45, 2.75) is 0 Å². The number of aliphatic carboxylic acids is 4. The van der Waals surface area contributed by atoms with Crippen LogP contribution < -0.4 is 0 Å². The molecule has 0 aromatic rings. The van der Waals surface area contributed by atoms with Crippen LogP contribution in [0.5, 0.6) is 0 Å². The predicted molar refractivity (Wildman–Crippen MR) is 77.1 cm³/mol. The first-order chi connectivity index (χ1) is 9.20. The fourth-order valence-electron chi connectivity index (χ4n) is 1.21. The van der Waals surface area contributed by atoms with Crippen LogP contribution in [0, 0.1) is 0 Å². The summed E-state index contributed by atoms with van der Waals surface area (Å²) in [5, 5.41) is 34.3. The zero-order valence-electron chi connectivity index (χ0n) is 10.3. The SMILES string of the molecule is O=C(O)CN(C=CN(CC(=O)O)CC(=O)O)CC(=O)O.[NaH].[NaH]. The van der Waals surface area contributed by atoms with Gasteiger partial charge in [0.2, 0.25) is 0 Å². The van der Waals surface area contributed by atoms with E-state index in [9.17, 15) is 19.2 Å². The van der Waals surface area contributed by atoms with Crippen LogP contribution in [0.2, 0.25) is 0 Å². The van der Waals surface area contributed by atoms with E-state index >= 15 is 0 Å². The summed E-state index contributed by atoms with van der Waals surface area (Å²) in [7, 11) is 0. The second kappa shape index (κ2) is 13.9. The van der Waals surface area contributed by atoms with Gasteiger partial charge < -0.3 is 30.2 Å². The van der Waals surface area contributed by atoms with Gasteiger partial charge in [0.05, 0.1) is 0 Å². The summed E-state index contributed by atoms with van der Waals surface area (Å²) in [5.74, 6) is -5.12. The van der Waals surface area contributed by atoms with Gasteiger partial charge in [0.25, 0.3) is 0 Å². The molecule has 0 heterocycles. The quantitative estimate of drug-likeness (QED) is 0.305. The molecule has 0 bridgehead atoms. The number of hydrogen-bond acceptors (Lipinski definition) is 6. The minimum absolute atomic E-state index is 0. The number of rotatable bonds is 10. The van der Waals surface area contributed by atoms with Crippen molar-refractivity contribution < 1.29 is 39.6 Å². The fraction of sp³-hybridized carbons (Fsp3) is 0.400. The average molecular weight is 338 g/mol. The monoisotopic (exact) mass is 338 g/mol. The third-order valence-electron chi connectivity index (χ3n) is 1.84. The van der Waals surface area contributed by atoms with Crippen molar-refractivity contribution in [1.29, 1.82) is 0 Å². The van der Waals surface area contributed by atoms with Crippen LogP contribution in [0.3, 0.4) is 0 Å². The molecule has 0 aliphatic heterocycles. The molecular weight excluding hydrogens is 322 g/mol. The van der Waals surface area contributed by atoms with E-state index in [0.29, 0.717) is 0 Å². The van der Waals surface area contributed by atoms with Crippen LogP contribution >= 0.6 is 0 Å². The molecule has 0 atom stereocenters. The van der Waals surface area contributed by atoms with E-state index in [-0.39, 0.29) is 59.1 Å². The second-order valence-electron chi connectivity index (χ2n) is 3.68. The Labute approximate surface area is 170 Å². The van der Waals surface area contributed by atoms with Gasteiger partial charge in [-0.2, -0.15) is 0 Å². The van der Waals surface area contributed by atoms with Crippen molar-refractivity contribution in [2.75, 3.05) is 26.2 Å². The molecule has 0 spiro atoms. The summed E-state index contributed by atoms with van der Waals surface area (Å²) >= 11 is 0. The van der Waals surface area contributed by atoms with E-state index in [4.69, 9.17) is 20.4 Å². The molecule has 12 heteroatoms. The summed E-state index contributed by atoms with van der Waals surface area (Å²) in [6.45, 7) is -2.46. The molecule has 0 unspecified atom stereocenters. The number of nitrogens with zero attached hydrogens (tertiary/aromatic N) is 2. The third kappa shape index (κ3) is 15.6. The molecular formula is C10H16N2Na2O8. The maximum atomic E-state index is 10.5. The molecule has 0 aromatic carbocycles. The van der Waals surface area contributed by atoms with E-state index in [0.717, 1.165) is 22.2 Å². The molecule has 116 valence electrons. The van der Waals surface area contributed by atoms with Crippen LogP contribution in [0.1, 0.15) is 0 Å². The molecule has 0 rings (SSSR count). The molecule has 0 aliphatic carbocycles. The second-order valence-corrected chi connectivity index (χ2v) is 3.68. The molecule has 0 aliphatic rings. The number of hydrogen-bond donors (Lipinski definition) is 4. The summed E-state index contributed by atoms with van der Waals surface area (Å²) in [6, 6.07) is 0. The van der Waals surface area contributed by atoms with Gasteiger partial charge in [0.1, 0.15) is 26.2 Å². The molecule has 0 radical (unpaired) electrons. The molecule has 0 saturated heterocycles. The Morgan fingerprint density at radius 3 is 0.909 bits per heavy atom. The van der Waals surface area contributed by atoms with Gasteiger partial charge in [-0.25, -0.2) is 0 Å². The Morgan fingerprint density at radius 1 is 0.591 bits per heavy atom. The van der Waals surface area contributed by atoms with Crippen molar-refractivity contribution in [2.24, 2.45) is 0 Å². The molecule has 0 aromatic heterocycles. The minimum atomic E-state index is -1.28.